The average molecular weight is 365 g/mol. The van der Waals surface area contributed by atoms with Crippen LogP contribution in [0.15, 0.2) is 42.6 Å². The van der Waals surface area contributed by atoms with Gasteiger partial charge in [-0.1, -0.05) is 24.3 Å². The average Bonchev–Trinajstić information content (AvgIpc) is 3.05. The lowest BCUT2D eigenvalue weighted by atomic mass is 10.1. The van der Waals surface area contributed by atoms with Crippen LogP contribution in [-0.2, 0) is 19.5 Å². The van der Waals surface area contributed by atoms with Crippen molar-refractivity contribution in [3.8, 4) is 0 Å². The van der Waals surface area contributed by atoms with Gasteiger partial charge in [-0.3, -0.25) is 9.67 Å². The van der Waals surface area contributed by atoms with Crippen LogP contribution < -0.4 is 5.32 Å². The Hall–Kier alpha value is -2.89. The number of hydrogen-bond donors (Lipinski definition) is 1. The maximum Gasteiger partial charge on any atom is 0.317 e. The van der Waals surface area contributed by atoms with Crippen molar-refractivity contribution in [3.05, 3.63) is 59.5 Å². The van der Waals surface area contributed by atoms with E-state index in [0.29, 0.717) is 6.54 Å². The minimum absolute atomic E-state index is 0.0449. The normalized spacial score (nSPS) is 12.1. The molecule has 2 aromatic heterocycles. The minimum Gasteiger partial charge on any atom is -0.332 e. The summed E-state index contributed by atoms with van der Waals surface area (Å²) in [5.74, 6) is 0. The molecule has 0 fully saturated rings. The minimum atomic E-state index is -0.105. The molecule has 0 unspecified atom stereocenters. The number of rotatable bonds is 6. The Morgan fingerprint density at radius 3 is 2.74 bits per heavy atom. The fourth-order valence-electron chi connectivity index (χ4n) is 3.20. The van der Waals surface area contributed by atoms with Gasteiger partial charge in [-0.05, 0) is 38.5 Å². The molecule has 0 aliphatic heterocycles. The van der Waals surface area contributed by atoms with E-state index in [0.717, 1.165) is 40.8 Å². The van der Waals surface area contributed by atoms with E-state index in [9.17, 15) is 4.79 Å². The van der Waals surface area contributed by atoms with Crippen molar-refractivity contribution in [2.24, 2.45) is 0 Å². The van der Waals surface area contributed by atoms with Gasteiger partial charge >= 0.3 is 6.03 Å². The summed E-state index contributed by atoms with van der Waals surface area (Å²) in [4.78, 5) is 18.8. The zero-order chi connectivity index (χ0) is 19.4. The van der Waals surface area contributed by atoms with Gasteiger partial charge in [0.2, 0.25) is 0 Å². The van der Waals surface area contributed by atoms with Crippen molar-refractivity contribution in [1.29, 1.82) is 0 Å². The molecule has 0 bridgehead atoms. The smallest absolute Gasteiger partial charge is 0.317 e. The molecule has 1 N–H and O–H groups in total. The number of likely N-dealkylation sites (N-methyl/N-ethyl adjacent to an activating group) is 1. The van der Waals surface area contributed by atoms with Crippen LogP contribution in [0, 0.1) is 6.92 Å². The number of para-hydroxylation sites is 1. The van der Waals surface area contributed by atoms with E-state index < -0.39 is 0 Å². The van der Waals surface area contributed by atoms with Crippen LogP contribution in [0.25, 0.3) is 10.9 Å². The first-order valence-electron chi connectivity index (χ1n) is 9.36. The summed E-state index contributed by atoms with van der Waals surface area (Å²) in [6.07, 6.45) is 2.52. The lowest BCUT2D eigenvalue weighted by molar-refractivity contribution is 0.193. The Labute approximate surface area is 160 Å². The summed E-state index contributed by atoms with van der Waals surface area (Å²) < 4.78 is 1.97. The Morgan fingerprint density at radius 1 is 1.22 bits per heavy atom. The predicted molar refractivity (Wildman–Crippen MR) is 108 cm³/mol. The molecule has 6 nitrogen and oxygen atoms in total. The Kier molecular flexibility index (Phi) is 5.74. The zero-order valence-corrected chi connectivity index (χ0v) is 16.4. The third-order valence-electron chi connectivity index (χ3n) is 5.03. The summed E-state index contributed by atoms with van der Waals surface area (Å²) in [5, 5.41) is 8.72. The summed E-state index contributed by atoms with van der Waals surface area (Å²) in [7, 11) is 1.82. The molecular weight excluding hydrogens is 338 g/mol. The van der Waals surface area contributed by atoms with Crippen LogP contribution in [0.4, 0.5) is 4.79 Å². The van der Waals surface area contributed by atoms with Crippen LogP contribution in [-0.4, -0.2) is 38.8 Å². The first kappa shape index (κ1) is 18.9. The van der Waals surface area contributed by atoms with Gasteiger partial charge in [-0.25, -0.2) is 4.79 Å². The number of pyridine rings is 1. The third kappa shape index (κ3) is 4.10. The number of fused-ring (bicyclic) bond motifs is 1. The van der Waals surface area contributed by atoms with Crippen molar-refractivity contribution >= 4 is 16.9 Å². The third-order valence-corrected chi connectivity index (χ3v) is 5.03. The largest absolute Gasteiger partial charge is 0.332 e. The van der Waals surface area contributed by atoms with E-state index >= 15 is 0 Å². The highest BCUT2D eigenvalue weighted by Gasteiger charge is 2.18. The fourth-order valence-corrected chi connectivity index (χ4v) is 3.20. The molecule has 3 rings (SSSR count). The highest BCUT2D eigenvalue weighted by molar-refractivity contribution is 5.82. The maximum atomic E-state index is 12.6. The van der Waals surface area contributed by atoms with Crippen molar-refractivity contribution in [2.75, 3.05) is 7.05 Å². The summed E-state index contributed by atoms with van der Waals surface area (Å²) in [5.41, 5.74) is 4.16. The molecule has 1 atom stereocenters. The topological polar surface area (TPSA) is 63.1 Å². The molecule has 142 valence electrons. The van der Waals surface area contributed by atoms with E-state index in [-0.39, 0.29) is 12.1 Å². The Bertz CT molecular complexity index is 933. The highest BCUT2D eigenvalue weighted by Crippen LogP contribution is 2.18. The first-order valence-corrected chi connectivity index (χ1v) is 9.36. The van der Waals surface area contributed by atoms with E-state index in [1.54, 1.807) is 11.1 Å². The fraction of sp³-hybridized carbons (Fsp3) is 0.381. The number of hydrogen-bond acceptors (Lipinski definition) is 3. The second-order valence-electron chi connectivity index (χ2n) is 6.87. The number of aryl methyl sites for hydroxylation is 2. The van der Waals surface area contributed by atoms with Gasteiger partial charge in [0.15, 0.2) is 0 Å². The van der Waals surface area contributed by atoms with Crippen LogP contribution in [0.5, 0.6) is 0 Å². The first-order chi connectivity index (χ1) is 13.0. The lowest BCUT2D eigenvalue weighted by Gasteiger charge is -2.25. The molecule has 2 heterocycles. The van der Waals surface area contributed by atoms with Gasteiger partial charge < -0.3 is 10.2 Å². The zero-order valence-electron chi connectivity index (χ0n) is 16.4. The molecule has 6 heteroatoms. The summed E-state index contributed by atoms with van der Waals surface area (Å²) in [6.45, 7) is 7.36. The second kappa shape index (κ2) is 8.20. The van der Waals surface area contributed by atoms with E-state index in [4.69, 9.17) is 0 Å². The van der Waals surface area contributed by atoms with Gasteiger partial charge in [0.25, 0.3) is 0 Å². The monoisotopic (exact) mass is 365 g/mol. The molecule has 0 saturated heterocycles. The van der Waals surface area contributed by atoms with Crippen molar-refractivity contribution in [3.63, 3.8) is 0 Å². The van der Waals surface area contributed by atoms with E-state index in [2.05, 4.69) is 28.4 Å². The second-order valence-corrected chi connectivity index (χ2v) is 6.87. The van der Waals surface area contributed by atoms with Crippen LogP contribution in [0.1, 0.15) is 30.8 Å². The molecule has 3 aromatic rings. The maximum absolute atomic E-state index is 12.6. The Balaban J connectivity index is 1.64. The van der Waals surface area contributed by atoms with Crippen LogP contribution in [0.2, 0.25) is 0 Å². The standard InChI is InChI=1S/C21H27N5O/c1-5-26-20-11-7-6-10-17(20)19(24-26)14-23-21(27)25(4)16(3)13-18-15(2)9-8-12-22-18/h6-12,16H,5,13-14H2,1-4H3,(H,23,27)/t16-/m1/s1. The van der Waals surface area contributed by atoms with Gasteiger partial charge in [-0.2, -0.15) is 5.10 Å². The molecule has 0 aliphatic carbocycles. The quantitative estimate of drug-likeness (QED) is 0.727. The van der Waals surface area contributed by atoms with Crippen molar-refractivity contribution < 1.29 is 4.79 Å². The van der Waals surface area contributed by atoms with Crippen molar-refractivity contribution in [1.82, 2.24) is 25.0 Å². The molecule has 1 aromatic carbocycles. The predicted octanol–water partition coefficient (Wildman–Crippen LogP) is 3.53. The van der Waals surface area contributed by atoms with Crippen LogP contribution in [0.3, 0.4) is 0 Å². The number of nitrogens with zero attached hydrogens (tertiary/aromatic N) is 4. The number of carbonyl (C=O) groups is 1. The van der Waals surface area contributed by atoms with E-state index in [1.807, 2.05) is 55.9 Å². The van der Waals surface area contributed by atoms with Gasteiger partial charge in [-0.15, -0.1) is 0 Å². The van der Waals surface area contributed by atoms with Gasteiger partial charge in [0, 0.05) is 43.3 Å². The van der Waals surface area contributed by atoms with Gasteiger partial charge in [0.05, 0.1) is 17.8 Å². The number of nitrogens with one attached hydrogen (secondary N) is 1. The molecule has 2 amide bonds. The molecular formula is C21H27N5O. The van der Waals surface area contributed by atoms with Crippen molar-refractivity contribution in [2.45, 2.75) is 46.3 Å². The van der Waals surface area contributed by atoms with E-state index in [1.165, 1.54) is 0 Å². The number of benzene rings is 1. The number of amides is 2. The van der Waals surface area contributed by atoms with Gasteiger partial charge in [0.1, 0.15) is 0 Å². The molecule has 0 spiro atoms. The lowest BCUT2D eigenvalue weighted by Crippen LogP contribution is -2.43. The summed E-state index contributed by atoms with van der Waals surface area (Å²) >= 11 is 0. The number of aromatic nitrogens is 3. The SMILES string of the molecule is CCn1nc(CNC(=O)N(C)[C@H](C)Cc2ncccc2C)c2ccccc21. The highest BCUT2D eigenvalue weighted by atomic mass is 16.2. The van der Waals surface area contributed by atoms with Crippen LogP contribution >= 0.6 is 0 Å². The summed E-state index contributed by atoms with van der Waals surface area (Å²) in [6, 6.07) is 12.0. The number of carbonyl (C=O) groups excluding carboxylic acids is 1. The molecule has 0 radical (unpaired) electrons. The number of urea groups is 1. The molecule has 0 aliphatic rings. The molecule has 0 saturated carbocycles. The molecule has 27 heavy (non-hydrogen) atoms. The Morgan fingerprint density at radius 2 is 2.00 bits per heavy atom.